The second kappa shape index (κ2) is 6.43. The van der Waals surface area contributed by atoms with Gasteiger partial charge in [0.1, 0.15) is 11.9 Å². The summed E-state index contributed by atoms with van der Waals surface area (Å²) < 4.78 is 11.7. The molecule has 0 bridgehead atoms. The van der Waals surface area contributed by atoms with Gasteiger partial charge in [-0.15, -0.1) is 0 Å². The molecule has 1 aliphatic rings. The Morgan fingerprint density at radius 1 is 0.846 bits per heavy atom. The van der Waals surface area contributed by atoms with Gasteiger partial charge in [0, 0.05) is 0 Å². The molecule has 130 valence electrons. The van der Waals surface area contributed by atoms with Crippen LogP contribution >= 0.6 is 0 Å². The molecule has 1 fully saturated rings. The van der Waals surface area contributed by atoms with Crippen LogP contribution < -0.4 is 4.74 Å². The number of hydrogen-bond donors (Lipinski definition) is 0. The SMILES string of the molecule is Cc1ccc(C2OC2(C(=O)Oc2ccccc2)c2ccc(C)cc2)cc1. The topological polar surface area (TPSA) is 38.8 Å². The van der Waals surface area contributed by atoms with E-state index in [0.29, 0.717) is 5.75 Å². The van der Waals surface area contributed by atoms with E-state index in [1.807, 2.05) is 80.6 Å². The normalized spacial score (nSPS) is 21.2. The summed E-state index contributed by atoms with van der Waals surface area (Å²) >= 11 is 0. The van der Waals surface area contributed by atoms with Crippen molar-refractivity contribution in [2.45, 2.75) is 25.6 Å². The number of rotatable bonds is 4. The first-order chi connectivity index (χ1) is 12.6. The predicted octanol–water partition coefficient (Wildman–Crippen LogP) is 4.88. The zero-order chi connectivity index (χ0) is 18.1. The van der Waals surface area contributed by atoms with E-state index in [2.05, 4.69) is 0 Å². The molecule has 0 aliphatic carbocycles. The summed E-state index contributed by atoms with van der Waals surface area (Å²) in [6, 6.07) is 25.0. The van der Waals surface area contributed by atoms with Crippen LogP contribution in [0.15, 0.2) is 78.9 Å². The highest BCUT2D eigenvalue weighted by atomic mass is 16.7. The third-order valence-corrected chi connectivity index (χ3v) is 4.73. The molecule has 0 N–H and O–H groups in total. The van der Waals surface area contributed by atoms with Gasteiger partial charge in [-0.05, 0) is 37.1 Å². The summed E-state index contributed by atoms with van der Waals surface area (Å²) in [7, 11) is 0. The molecule has 2 atom stereocenters. The lowest BCUT2D eigenvalue weighted by Crippen LogP contribution is -2.28. The minimum absolute atomic E-state index is 0.345. The number of hydrogen-bond acceptors (Lipinski definition) is 3. The van der Waals surface area contributed by atoms with Crippen LogP contribution in [0.1, 0.15) is 28.4 Å². The van der Waals surface area contributed by atoms with Crippen molar-refractivity contribution in [1.29, 1.82) is 0 Å². The third kappa shape index (κ3) is 2.91. The summed E-state index contributed by atoms with van der Waals surface area (Å²) in [5.41, 5.74) is 2.99. The van der Waals surface area contributed by atoms with Crippen LogP contribution in [0.4, 0.5) is 0 Å². The summed E-state index contributed by atoms with van der Waals surface area (Å²) in [6.07, 6.45) is -0.345. The van der Waals surface area contributed by atoms with E-state index >= 15 is 0 Å². The molecule has 0 radical (unpaired) electrons. The van der Waals surface area contributed by atoms with Crippen LogP contribution in [0.5, 0.6) is 5.75 Å². The Balaban J connectivity index is 1.70. The van der Waals surface area contributed by atoms with Crippen molar-refractivity contribution in [2.24, 2.45) is 0 Å². The van der Waals surface area contributed by atoms with Crippen molar-refractivity contribution in [2.75, 3.05) is 0 Å². The van der Waals surface area contributed by atoms with Crippen molar-refractivity contribution in [3.8, 4) is 5.75 Å². The summed E-state index contributed by atoms with van der Waals surface area (Å²) in [4.78, 5) is 13.1. The van der Waals surface area contributed by atoms with Crippen LogP contribution in [0, 0.1) is 13.8 Å². The quantitative estimate of drug-likeness (QED) is 0.385. The largest absolute Gasteiger partial charge is 0.424 e. The molecule has 0 aromatic heterocycles. The molecule has 2 unspecified atom stereocenters. The molecule has 4 rings (SSSR count). The maximum atomic E-state index is 13.1. The highest BCUT2D eigenvalue weighted by Gasteiger charge is 2.66. The molecule has 0 spiro atoms. The van der Waals surface area contributed by atoms with Gasteiger partial charge in [-0.2, -0.15) is 0 Å². The Labute approximate surface area is 153 Å². The van der Waals surface area contributed by atoms with Crippen molar-refractivity contribution in [1.82, 2.24) is 0 Å². The summed E-state index contributed by atoms with van der Waals surface area (Å²) in [6.45, 7) is 4.05. The van der Waals surface area contributed by atoms with Crippen LogP contribution in [0.25, 0.3) is 0 Å². The first-order valence-corrected chi connectivity index (χ1v) is 8.68. The van der Waals surface area contributed by atoms with Gasteiger partial charge < -0.3 is 9.47 Å². The van der Waals surface area contributed by atoms with Crippen molar-refractivity contribution < 1.29 is 14.3 Å². The fraction of sp³-hybridized carbons (Fsp3) is 0.174. The van der Waals surface area contributed by atoms with Gasteiger partial charge in [-0.3, -0.25) is 0 Å². The van der Waals surface area contributed by atoms with Crippen LogP contribution in [0.2, 0.25) is 0 Å². The predicted molar refractivity (Wildman–Crippen MR) is 99.9 cm³/mol. The number of esters is 1. The lowest BCUT2D eigenvalue weighted by Gasteiger charge is -2.14. The van der Waals surface area contributed by atoms with Crippen molar-refractivity contribution in [3.63, 3.8) is 0 Å². The van der Waals surface area contributed by atoms with Crippen LogP contribution in [-0.4, -0.2) is 5.97 Å². The van der Waals surface area contributed by atoms with Gasteiger partial charge in [0.05, 0.1) is 0 Å². The van der Waals surface area contributed by atoms with Crippen LogP contribution in [0.3, 0.4) is 0 Å². The van der Waals surface area contributed by atoms with Crippen molar-refractivity contribution >= 4 is 5.97 Å². The van der Waals surface area contributed by atoms with Crippen molar-refractivity contribution in [3.05, 3.63) is 101 Å². The molecule has 0 saturated carbocycles. The molecule has 3 heteroatoms. The molecule has 1 aliphatic heterocycles. The Morgan fingerprint density at radius 2 is 1.42 bits per heavy atom. The minimum atomic E-state index is -1.10. The van der Waals surface area contributed by atoms with E-state index in [9.17, 15) is 4.79 Å². The summed E-state index contributed by atoms with van der Waals surface area (Å²) in [5.74, 6) is 0.125. The molecular formula is C23H20O3. The average molecular weight is 344 g/mol. The number of carbonyl (C=O) groups is 1. The number of epoxide rings is 1. The molecule has 26 heavy (non-hydrogen) atoms. The Hall–Kier alpha value is -2.91. The first-order valence-electron chi connectivity index (χ1n) is 8.68. The Morgan fingerprint density at radius 3 is 2.04 bits per heavy atom. The number of aryl methyl sites for hydroxylation is 2. The molecule has 1 heterocycles. The Bertz CT molecular complexity index is 914. The van der Waals surface area contributed by atoms with E-state index in [0.717, 1.165) is 16.7 Å². The standard InChI is InChI=1S/C23H20O3/c1-16-8-12-18(13-9-16)21-23(26-21,19-14-10-17(2)11-15-19)22(24)25-20-6-4-3-5-7-20/h3-15,21H,1-2H3. The average Bonchev–Trinajstić information content (AvgIpc) is 3.41. The molecular weight excluding hydrogens is 324 g/mol. The fourth-order valence-corrected chi connectivity index (χ4v) is 3.16. The Kier molecular flexibility index (Phi) is 4.09. The lowest BCUT2D eigenvalue weighted by molar-refractivity contribution is -0.140. The zero-order valence-corrected chi connectivity index (χ0v) is 14.8. The molecule has 1 saturated heterocycles. The third-order valence-electron chi connectivity index (χ3n) is 4.73. The van der Waals surface area contributed by atoms with Gasteiger partial charge in [0.25, 0.3) is 0 Å². The fourth-order valence-electron chi connectivity index (χ4n) is 3.16. The highest BCUT2D eigenvalue weighted by Crippen LogP contribution is 2.57. The maximum absolute atomic E-state index is 13.1. The second-order valence-corrected chi connectivity index (χ2v) is 6.71. The van der Waals surface area contributed by atoms with E-state index in [4.69, 9.17) is 9.47 Å². The van der Waals surface area contributed by atoms with E-state index in [1.54, 1.807) is 12.1 Å². The number of benzene rings is 3. The van der Waals surface area contributed by atoms with Gasteiger partial charge in [-0.25, -0.2) is 4.79 Å². The number of para-hydroxylation sites is 1. The molecule has 3 nitrogen and oxygen atoms in total. The van der Waals surface area contributed by atoms with E-state index in [-0.39, 0.29) is 6.10 Å². The van der Waals surface area contributed by atoms with Gasteiger partial charge >= 0.3 is 5.97 Å². The molecule has 3 aromatic carbocycles. The smallest absolute Gasteiger partial charge is 0.351 e. The number of ether oxygens (including phenoxy) is 2. The number of carbonyl (C=O) groups excluding carboxylic acids is 1. The van der Waals surface area contributed by atoms with E-state index in [1.165, 1.54) is 5.56 Å². The van der Waals surface area contributed by atoms with E-state index < -0.39 is 11.6 Å². The zero-order valence-electron chi connectivity index (χ0n) is 14.8. The minimum Gasteiger partial charge on any atom is -0.424 e. The molecule has 3 aromatic rings. The van der Waals surface area contributed by atoms with Crippen LogP contribution in [-0.2, 0) is 15.1 Å². The first kappa shape index (κ1) is 16.6. The second-order valence-electron chi connectivity index (χ2n) is 6.71. The maximum Gasteiger partial charge on any atom is 0.351 e. The molecule has 0 amide bonds. The van der Waals surface area contributed by atoms with Gasteiger partial charge in [-0.1, -0.05) is 77.9 Å². The summed E-state index contributed by atoms with van der Waals surface area (Å²) in [5, 5.41) is 0. The van der Waals surface area contributed by atoms with Gasteiger partial charge in [0.15, 0.2) is 0 Å². The highest BCUT2D eigenvalue weighted by molar-refractivity contribution is 5.87. The monoisotopic (exact) mass is 344 g/mol. The van der Waals surface area contributed by atoms with Gasteiger partial charge in [0.2, 0.25) is 5.60 Å². The lowest BCUT2D eigenvalue weighted by atomic mass is 9.91.